The second-order valence-electron chi connectivity index (χ2n) is 3.68. The number of nitrogens with one attached hydrogen (secondary N) is 1. The van der Waals surface area contributed by atoms with Gasteiger partial charge in [-0.1, -0.05) is 18.2 Å². The van der Waals surface area contributed by atoms with Gasteiger partial charge in [0.15, 0.2) is 0 Å². The summed E-state index contributed by atoms with van der Waals surface area (Å²) in [7, 11) is 0. The third-order valence-corrected chi connectivity index (χ3v) is 2.69. The number of hydrogen-bond donors (Lipinski definition) is 1. The van der Waals surface area contributed by atoms with E-state index in [-0.39, 0.29) is 16.5 Å². The first-order chi connectivity index (χ1) is 7.85. The fourth-order valence-corrected chi connectivity index (χ4v) is 1.82. The van der Waals surface area contributed by atoms with E-state index in [1.54, 1.807) is 24.0 Å². The summed E-state index contributed by atoms with van der Waals surface area (Å²) in [6.45, 7) is 0.826. The molecule has 2 rings (SSSR count). The van der Waals surface area contributed by atoms with E-state index in [9.17, 15) is 9.59 Å². The molecule has 0 amide bonds. The second-order valence-corrected chi connectivity index (χ2v) is 3.68. The third kappa shape index (κ3) is 2.02. The highest BCUT2D eigenvalue weighted by molar-refractivity contribution is 5.55. The van der Waals surface area contributed by atoms with E-state index in [0.717, 1.165) is 18.5 Å². The summed E-state index contributed by atoms with van der Waals surface area (Å²) in [5.74, 6) is 3.50. The molecule has 1 heterocycles. The molecule has 1 unspecified atom stereocenters. The molecule has 0 saturated heterocycles. The zero-order chi connectivity index (χ0) is 11.4. The van der Waals surface area contributed by atoms with Crippen molar-refractivity contribution in [2.75, 3.05) is 6.54 Å². The van der Waals surface area contributed by atoms with Crippen LogP contribution in [0.1, 0.15) is 18.0 Å². The molecule has 16 heavy (non-hydrogen) atoms. The minimum atomic E-state index is 0.206. The first-order valence-corrected chi connectivity index (χ1v) is 5.14. The Bertz CT molecular complexity index is 578. The molecule has 3 heteroatoms. The van der Waals surface area contributed by atoms with Crippen molar-refractivity contribution in [3.8, 4) is 0 Å². The predicted octanol–water partition coefficient (Wildman–Crippen LogP) is -0.716. The van der Waals surface area contributed by atoms with Crippen LogP contribution >= 0.6 is 0 Å². The molecule has 0 fully saturated rings. The zero-order valence-corrected chi connectivity index (χ0v) is 8.69. The zero-order valence-electron chi connectivity index (χ0n) is 8.69. The highest BCUT2D eigenvalue weighted by atomic mass is 16.1. The molecule has 0 aromatic heterocycles. The van der Waals surface area contributed by atoms with Crippen molar-refractivity contribution in [1.29, 1.82) is 0 Å². The van der Waals surface area contributed by atoms with E-state index < -0.39 is 0 Å². The van der Waals surface area contributed by atoms with E-state index in [1.807, 2.05) is 6.07 Å². The van der Waals surface area contributed by atoms with Crippen molar-refractivity contribution < 1.29 is 9.59 Å². The minimum absolute atomic E-state index is 0.206. The molecule has 1 N–H and O–H groups in total. The van der Waals surface area contributed by atoms with Crippen LogP contribution in [-0.2, 0) is 9.59 Å². The van der Waals surface area contributed by atoms with Crippen LogP contribution in [0.5, 0.6) is 0 Å². The van der Waals surface area contributed by atoms with Gasteiger partial charge in [0.2, 0.25) is 0 Å². The molecular formula is C13H11NO2. The highest BCUT2D eigenvalue weighted by Crippen LogP contribution is 2.16. The lowest BCUT2D eigenvalue weighted by Gasteiger charge is -2.19. The van der Waals surface area contributed by atoms with Crippen molar-refractivity contribution in [1.82, 2.24) is 5.32 Å². The molecule has 0 saturated carbocycles. The molecule has 1 aromatic carbocycles. The van der Waals surface area contributed by atoms with Crippen LogP contribution in [-0.4, -0.2) is 18.4 Å². The van der Waals surface area contributed by atoms with Gasteiger partial charge in [0.1, 0.15) is 11.9 Å². The quantitative estimate of drug-likeness (QED) is 0.626. The molecule has 80 valence electrons. The predicted molar refractivity (Wildman–Crippen MR) is 59.8 cm³/mol. The maximum absolute atomic E-state index is 10.7. The van der Waals surface area contributed by atoms with E-state index in [1.165, 1.54) is 0 Å². The molecule has 0 aliphatic carbocycles. The SMILES string of the molecule is O=C=c1ccc(C2CC=CCN2)cc1=C=O. The number of hydrogen-bond acceptors (Lipinski definition) is 3. The normalized spacial score (nSPS) is 18.9. The average molecular weight is 213 g/mol. The van der Waals surface area contributed by atoms with Gasteiger partial charge >= 0.3 is 0 Å². The van der Waals surface area contributed by atoms with Crippen LogP contribution in [0.4, 0.5) is 0 Å². The van der Waals surface area contributed by atoms with Crippen LogP contribution in [0, 0.1) is 0 Å². The van der Waals surface area contributed by atoms with E-state index in [4.69, 9.17) is 0 Å². The molecule has 1 atom stereocenters. The summed E-state index contributed by atoms with van der Waals surface area (Å²) in [4.78, 5) is 21.2. The molecule has 1 aliphatic heterocycles. The first kappa shape index (κ1) is 10.6. The van der Waals surface area contributed by atoms with Crippen molar-refractivity contribution in [3.05, 3.63) is 46.4 Å². The van der Waals surface area contributed by atoms with Crippen molar-refractivity contribution in [2.45, 2.75) is 12.5 Å². The van der Waals surface area contributed by atoms with Crippen LogP contribution < -0.4 is 15.8 Å². The lowest BCUT2D eigenvalue weighted by atomic mass is 10.0. The van der Waals surface area contributed by atoms with Gasteiger partial charge in [0.25, 0.3) is 0 Å². The summed E-state index contributed by atoms with van der Waals surface area (Å²) in [6.07, 6.45) is 5.06. The molecule has 1 aliphatic rings. The maximum atomic E-state index is 10.7. The Balaban J connectivity index is 2.48. The largest absolute Gasteiger partial charge is 0.306 e. The summed E-state index contributed by atoms with van der Waals surface area (Å²) >= 11 is 0. The third-order valence-electron chi connectivity index (χ3n) is 2.69. The van der Waals surface area contributed by atoms with Crippen molar-refractivity contribution in [2.24, 2.45) is 0 Å². The van der Waals surface area contributed by atoms with Gasteiger partial charge in [-0.2, -0.15) is 0 Å². The minimum Gasteiger partial charge on any atom is -0.306 e. The van der Waals surface area contributed by atoms with Crippen LogP contribution in [0.3, 0.4) is 0 Å². The molecule has 0 radical (unpaired) electrons. The van der Waals surface area contributed by atoms with Crippen molar-refractivity contribution in [3.63, 3.8) is 0 Å². The van der Waals surface area contributed by atoms with Crippen LogP contribution in [0.15, 0.2) is 30.4 Å². The van der Waals surface area contributed by atoms with Gasteiger partial charge in [-0.05, 0) is 24.1 Å². The van der Waals surface area contributed by atoms with Gasteiger partial charge in [-0.25, -0.2) is 9.59 Å². The lowest BCUT2D eigenvalue weighted by Crippen LogP contribution is -2.30. The lowest BCUT2D eigenvalue weighted by molar-refractivity contribution is 0.553. The Morgan fingerprint density at radius 1 is 1.12 bits per heavy atom. The number of rotatable bonds is 1. The Labute approximate surface area is 92.8 Å². The Morgan fingerprint density at radius 3 is 2.56 bits per heavy atom. The molecule has 0 bridgehead atoms. The maximum Gasteiger partial charge on any atom is 0.133 e. The van der Waals surface area contributed by atoms with E-state index >= 15 is 0 Å². The number of benzene rings is 1. The standard InChI is InChI=1S/C13H11NO2/c15-8-11-5-4-10(7-12(11)9-16)13-3-1-2-6-14-13/h1-2,4-5,7,13-14H,3,6H2. The highest BCUT2D eigenvalue weighted by Gasteiger charge is 2.11. The van der Waals surface area contributed by atoms with Gasteiger partial charge in [0.05, 0.1) is 10.4 Å². The van der Waals surface area contributed by atoms with Crippen LogP contribution in [0.2, 0.25) is 0 Å². The summed E-state index contributed by atoms with van der Waals surface area (Å²) in [5, 5.41) is 3.86. The second kappa shape index (κ2) is 4.73. The van der Waals surface area contributed by atoms with Gasteiger partial charge in [0, 0.05) is 12.6 Å². The molecule has 0 spiro atoms. The molecule has 1 aromatic rings. The van der Waals surface area contributed by atoms with Gasteiger partial charge in [-0.3, -0.25) is 0 Å². The Kier molecular flexibility index (Phi) is 3.13. The fourth-order valence-electron chi connectivity index (χ4n) is 1.82. The summed E-state index contributed by atoms with van der Waals surface area (Å²) in [5.41, 5.74) is 1.00. The summed E-state index contributed by atoms with van der Waals surface area (Å²) < 4.78 is 0. The fraction of sp³-hybridized carbons (Fsp3) is 0.231. The van der Waals surface area contributed by atoms with Crippen molar-refractivity contribution >= 4 is 11.9 Å². The number of carbonyl (C=O) groups excluding carboxylic acids is 2. The summed E-state index contributed by atoms with van der Waals surface area (Å²) in [6, 6.07) is 5.36. The Hall–Kier alpha value is -1.92. The van der Waals surface area contributed by atoms with Gasteiger partial charge < -0.3 is 5.32 Å². The van der Waals surface area contributed by atoms with Crippen LogP contribution in [0.25, 0.3) is 0 Å². The molecule has 3 nitrogen and oxygen atoms in total. The van der Waals surface area contributed by atoms with Gasteiger partial charge in [-0.15, -0.1) is 0 Å². The van der Waals surface area contributed by atoms with E-state index in [0.29, 0.717) is 0 Å². The molecular weight excluding hydrogens is 202 g/mol. The average Bonchev–Trinajstić information content (AvgIpc) is 2.39. The topological polar surface area (TPSA) is 46.2 Å². The van der Waals surface area contributed by atoms with E-state index in [2.05, 4.69) is 17.5 Å². The smallest absolute Gasteiger partial charge is 0.133 e. The monoisotopic (exact) mass is 213 g/mol. The Morgan fingerprint density at radius 2 is 1.94 bits per heavy atom. The first-order valence-electron chi connectivity index (χ1n) is 5.14.